The second-order valence-corrected chi connectivity index (χ2v) is 21.2. The largest absolute Gasteiger partial charge is 0.493 e. The van der Waals surface area contributed by atoms with Crippen molar-refractivity contribution in [3.63, 3.8) is 0 Å². The number of rotatable bonds is 12. The van der Waals surface area contributed by atoms with Gasteiger partial charge in [-0.25, -0.2) is 0 Å². The lowest BCUT2D eigenvalue weighted by molar-refractivity contribution is -0.0819. The Kier molecular flexibility index (Phi) is 10.8. The van der Waals surface area contributed by atoms with Crippen LogP contribution in [-0.2, 0) is 22.0 Å². The molecule has 0 aromatic heterocycles. The maximum atomic E-state index is 11.4. The van der Waals surface area contributed by atoms with E-state index in [-0.39, 0.29) is 36.7 Å². The number of aryl methyl sites for hydroxylation is 1. The molecule has 10 nitrogen and oxygen atoms in total. The van der Waals surface area contributed by atoms with Crippen molar-refractivity contribution in [2.24, 2.45) is 0 Å². The van der Waals surface area contributed by atoms with Gasteiger partial charge in [-0.1, -0.05) is 100 Å². The molecule has 0 spiro atoms. The average molecular weight is 802 g/mol. The number of nitrogens with zero attached hydrogens (tertiary/aromatic N) is 3. The smallest absolute Gasteiger partial charge is 0.261 e. The first-order valence-corrected chi connectivity index (χ1v) is 22.1. The molecular weight excluding hydrogens is 747 g/mol. The van der Waals surface area contributed by atoms with Crippen LogP contribution in [0.1, 0.15) is 66.2 Å². The van der Waals surface area contributed by atoms with Gasteiger partial charge < -0.3 is 32.8 Å². The van der Waals surface area contributed by atoms with E-state index in [4.69, 9.17) is 32.8 Å². The molecule has 4 aliphatic rings. The van der Waals surface area contributed by atoms with Crippen LogP contribution in [0.15, 0.2) is 79.4 Å². The van der Waals surface area contributed by atoms with E-state index in [9.17, 15) is 5.26 Å². The SMILES string of the molecule is C=CCOc1c(C)c2c(c3c1C[C@H]1[C@H]4c5c(cc(C)c(OC)c5OCOC)C[C@@H]([C@H](C#N)N1[C@H]3CO[Si](c1ccccc1)(c1ccccc1)C(C)(C)C)N4C)OCO2. The van der Waals surface area contributed by atoms with Crippen LogP contribution in [0.5, 0.6) is 28.7 Å². The number of nitriles is 1. The van der Waals surface area contributed by atoms with Crippen molar-refractivity contribution in [1.29, 1.82) is 5.26 Å². The summed E-state index contributed by atoms with van der Waals surface area (Å²) in [5.74, 6) is 3.52. The predicted octanol–water partition coefficient (Wildman–Crippen LogP) is 6.94. The van der Waals surface area contributed by atoms with Crippen LogP contribution in [0.3, 0.4) is 0 Å². The van der Waals surface area contributed by atoms with Gasteiger partial charge in [-0.2, -0.15) is 5.26 Å². The third-order valence-corrected chi connectivity index (χ3v) is 17.8. The Morgan fingerprint density at radius 3 is 2.17 bits per heavy atom. The molecule has 58 heavy (non-hydrogen) atoms. The maximum absolute atomic E-state index is 11.4. The molecule has 1 saturated heterocycles. The zero-order valence-corrected chi connectivity index (χ0v) is 36.0. The van der Waals surface area contributed by atoms with Crippen LogP contribution in [0.2, 0.25) is 5.04 Å². The molecule has 0 N–H and O–H groups in total. The van der Waals surface area contributed by atoms with E-state index in [1.54, 1.807) is 20.3 Å². The number of methoxy groups -OCH3 is 2. The van der Waals surface area contributed by atoms with E-state index in [0.29, 0.717) is 49.1 Å². The van der Waals surface area contributed by atoms with Gasteiger partial charge >= 0.3 is 0 Å². The van der Waals surface area contributed by atoms with Crippen LogP contribution in [0, 0.1) is 25.2 Å². The Hall–Kier alpha value is -4.83. The van der Waals surface area contributed by atoms with Crippen LogP contribution in [0.4, 0.5) is 0 Å². The van der Waals surface area contributed by atoms with Gasteiger partial charge in [0.05, 0.1) is 31.9 Å². The van der Waals surface area contributed by atoms with Crippen molar-refractivity contribution in [2.75, 3.05) is 48.1 Å². The fourth-order valence-electron chi connectivity index (χ4n) is 10.5. The summed E-state index contributed by atoms with van der Waals surface area (Å²) in [7, 11) is 2.42. The lowest BCUT2D eigenvalue weighted by Gasteiger charge is -2.60. The molecule has 0 saturated carbocycles. The minimum Gasteiger partial charge on any atom is -0.493 e. The first-order valence-electron chi connectivity index (χ1n) is 20.2. The molecule has 4 aromatic carbocycles. The second-order valence-electron chi connectivity index (χ2n) is 16.9. The molecular formula is C47H55N3O7Si. The molecule has 0 amide bonds. The predicted molar refractivity (Wildman–Crippen MR) is 226 cm³/mol. The quantitative estimate of drug-likeness (QED) is 0.0853. The van der Waals surface area contributed by atoms with Gasteiger partial charge in [0.25, 0.3) is 8.32 Å². The zero-order valence-electron chi connectivity index (χ0n) is 35.0. The highest BCUT2D eigenvalue weighted by Crippen LogP contribution is 2.59. The highest BCUT2D eigenvalue weighted by molar-refractivity contribution is 6.99. The monoisotopic (exact) mass is 801 g/mol. The van der Waals surface area contributed by atoms with E-state index in [1.165, 1.54) is 10.4 Å². The third-order valence-electron chi connectivity index (χ3n) is 12.8. The van der Waals surface area contributed by atoms with E-state index < -0.39 is 20.4 Å². The van der Waals surface area contributed by atoms with Gasteiger partial charge in [-0.15, -0.1) is 0 Å². The average Bonchev–Trinajstić information content (AvgIpc) is 3.71. The Labute approximate surface area is 343 Å². The van der Waals surface area contributed by atoms with Gasteiger partial charge in [-0.3, -0.25) is 9.80 Å². The molecule has 0 radical (unpaired) electrons. The lowest BCUT2D eigenvalue weighted by atomic mass is 9.71. The van der Waals surface area contributed by atoms with Crippen LogP contribution in [-0.4, -0.2) is 84.3 Å². The summed E-state index contributed by atoms with van der Waals surface area (Å²) >= 11 is 0. The van der Waals surface area contributed by atoms with Crippen molar-refractivity contribution >= 4 is 18.7 Å². The first kappa shape index (κ1) is 40.0. The van der Waals surface area contributed by atoms with Crippen molar-refractivity contribution in [3.05, 3.63) is 113 Å². The molecule has 0 aliphatic carbocycles. The van der Waals surface area contributed by atoms with E-state index in [0.717, 1.165) is 39.1 Å². The number of ether oxygens (including phenoxy) is 6. The summed E-state index contributed by atoms with van der Waals surface area (Å²) in [6.45, 7) is 15.7. The van der Waals surface area contributed by atoms with Crippen molar-refractivity contribution in [2.45, 2.75) is 82.7 Å². The van der Waals surface area contributed by atoms with Crippen LogP contribution in [0.25, 0.3) is 0 Å². The molecule has 4 aromatic rings. The Morgan fingerprint density at radius 2 is 1.57 bits per heavy atom. The van der Waals surface area contributed by atoms with Crippen molar-refractivity contribution in [1.82, 2.24) is 9.80 Å². The number of fused-ring (bicyclic) bond motifs is 9. The molecule has 304 valence electrons. The maximum Gasteiger partial charge on any atom is 0.261 e. The topological polar surface area (TPSA) is 94.9 Å². The summed E-state index contributed by atoms with van der Waals surface area (Å²) in [6.07, 6.45) is 3.01. The fourth-order valence-corrected chi connectivity index (χ4v) is 15.1. The van der Waals surface area contributed by atoms with E-state index in [1.807, 2.05) is 13.8 Å². The second kappa shape index (κ2) is 15.7. The van der Waals surface area contributed by atoms with Gasteiger partial charge in [-0.05, 0) is 60.3 Å². The summed E-state index contributed by atoms with van der Waals surface area (Å²) < 4.78 is 45.1. The summed E-state index contributed by atoms with van der Waals surface area (Å²) in [6, 6.07) is 25.1. The molecule has 8 rings (SSSR count). The number of piperazine rings is 1. The van der Waals surface area contributed by atoms with Crippen molar-refractivity contribution < 1.29 is 32.8 Å². The van der Waals surface area contributed by atoms with Gasteiger partial charge in [0, 0.05) is 41.4 Å². The molecule has 5 atom stereocenters. The van der Waals surface area contributed by atoms with Gasteiger partial charge in [0.2, 0.25) is 6.79 Å². The first-order chi connectivity index (χ1) is 28.0. The molecule has 2 bridgehead atoms. The molecule has 4 heterocycles. The number of likely N-dealkylation sites (N-methyl/N-ethyl adjacent to an activating group) is 1. The van der Waals surface area contributed by atoms with Crippen LogP contribution < -0.4 is 34.1 Å². The Bertz CT molecular complexity index is 2180. The fraction of sp³-hybridized carbons (Fsp3) is 0.426. The van der Waals surface area contributed by atoms with E-state index in [2.05, 4.69) is 117 Å². The minimum atomic E-state index is -3.04. The van der Waals surface area contributed by atoms with Gasteiger partial charge in [0.1, 0.15) is 18.4 Å². The molecule has 4 aliphatic heterocycles. The number of hydrogen-bond acceptors (Lipinski definition) is 10. The van der Waals surface area contributed by atoms with E-state index >= 15 is 0 Å². The highest BCUT2D eigenvalue weighted by atomic mass is 28.4. The zero-order chi connectivity index (χ0) is 40.9. The molecule has 11 heteroatoms. The summed E-state index contributed by atoms with van der Waals surface area (Å²) in [5.41, 5.74) is 6.09. The Morgan fingerprint density at radius 1 is 0.897 bits per heavy atom. The third kappa shape index (κ3) is 6.20. The summed E-state index contributed by atoms with van der Waals surface area (Å²) in [4.78, 5) is 4.83. The molecule has 1 fully saturated rings. The Balaban J connectivity index is 1.38. The van der Waals surface area contributed by atoms with Crippen LogP contribution >= 0.6 is 0 Å². The van der Waals surface area contributed by atoms with Crippen molar-refractivity contribution in [3.8, 4) is 34.8 Å². The number of hydrogen-bond donors (Lipinski definition) is 0. The summed E-state index contributed by atoms with van der Waals surface area (Å²) in [5, 5.41) is 13.5. The minimum absolute atomic E-state index is 0.0707. The normalized spacial score (nSPS) is 22.3. The molecule has 0 unspecified atom stereocenters. The number of benzene rings is 4. The van der Waals surface area contributed by atoms with Gasteiger partial charge in [0.15, 0.2) is 29.8 Å². The standard InChI is InChI=1S/C47H55N3O7Si/c1-10-21-53-43-30(3)44-46(56-28-55-44)40-34(43)24-36-41-39-31(22-29(2)42(52-9)45(39)54-27-51-8)23-35(49(41)7)37(25-48)50(36)38(40)26-57-58(47(4,5)6,32-17-13-11-14-18-32)33-19-15-12-16-20-33/h10-20,22,35-38,41H,1,21,23-24,26-28H2,2-9H3/t35-,36-,37-,38-,41-/m0/s1. The lowest BCUT2D eigenvalue weighted by Crippen LogP contribution is -2.70. The highest BCUT2D eigenvalue weighted by Gasteiger charge is 2.58.